The Morgan fingerprint density at radius 1 is 1.24 bits per heavy atom. The van der Waals surface area contributed by atoms with Crippen molar-refractivity contribution in [2.24, 2.45) is 0 Å². The first kappa shape index (κ1) is 23.1. The summed E-state index contributed by atoms with van der Waals surface area (Å²) in [4.78, 5) is 6.18. The fourth-order valence-corrected chi connectivity index (χ4v) is 3.91. The van der Waals surface area contributed by atoms with Gasteiger partial charge in [-0.15, -0.1) is 10.2 Å². The molecule has 178 valence electrons. The molecule has 13 heteroatoms. The largest absolute Gasteiger partial charge is 0.434 e. The van der Waals surface area contributed by atoms with Gasteiger partial charge in [-0.25, -0.2) is 4.98 Å². The molecule has 0 spiro atoms. The average molecular weight is 472 g/mol. The molecule has 4 rings (SSSR count). The van der Waals surface area contributed by atoms with Gasteiger partial charge in [0.05, 0.1) is 23.9 Å². The lowest BCUT2D eigenvalue weighted by molar-refractivity contribution is -0.138. The van der Waals surface area contributed by atoms with Crippen LogP contribution in [0.2, 0.25) is 0 Å². The quantitative estimate of drug-likeness (QED) is 0.511. The fraction of sp³-hybridized carbons (Fsp3) is 0.450. The highest BCUT2D eigenvalue weighted by Gasteiger charge is 2.32. The normalized spacial score (nSPS) is 17.6. The molecule has 3 heterocycles. The molecule has 0 bridgehead atoms. The Hall–Kier alpha value is -3.06. The molecule has 1 fully saturated rings. The van der Waals surface area contributed by atoms with Crippen LogP contribution in [0.15, 0.2) is 30.7 Å². The van der Waals surface area contributed by atoms with Gasteiger partial charge in [-0.1, -0.05) is 0 Å². The van der Waals surface area contributed by atoms with E-state index in [-0.39, 0.29) is 23.9 Å². The SMILES string of the molecule is OCCN1CCCC(Nc2nnc(-c3ccc(C(F)(F)F)cc3OC(F)F)c3cncn23)C1. The molecule has 2 N–H and O–H groups in total. The van der Waals surface area contributed by atoms with Crippen molar-refractivity contribution >= 4 is 11.5 Å². The number of fused-ring (bicyclic) bond motifs is 1. The highest BCUT2D eigenvalue weighted by Crippen LogP contribution is 2.38. The van der Waals surface area contributed by atoms with Crippen molar-refractivity contribution in [1.82, 2.24) is 24.5 Å². The van der Waals surface area contributed by atoms with Gasteiger partial charge in [-0.2, -0.15) is 22.0 Å². The number of hydrogen-bond acceptors (Lipinski definition) is 7. The number of alkyl halides is 5. The van der Waals surface area contributed by atoms with Crippen molar-refractivity contribution in [1.29, 1.82) is 0 Å². The van der Waals surface area contributed by atoms with E-state index in [1.54, 1.807) is 4.40 Å². The molecule has 1 unspecified atom stereocenters. The van der Waals surface area contributed by atoms with Crippen LogP contribution in [0, 0.1) is 0 Å². The van der Waals surface area contributed by atoms with Gasteiger partial charge < -0.3 is 15.2 Å². The number of anilines is 1. The summed E-state index contributed by atoms with van der Waals surface area (Å²) in [5, 5.41) is 20.7. The summed E-state index contributed by atoms with van der Waals surface area (Å²) >= 11 is 0. The van der Waals surface area contributed by atoms with Crippen molar-refractivity contribution < 1.29 is 31.8 Å². The van der Waals surface area contributed by atoms with Crippen molar-refractivity contribution in [3.05, 3.63) is 36.3 Å². The first-order valence-electron chi connectivity index (χ1n) is 10.2. The number of piperidine rings is 1. The van der Waals surface area contributed by atoms with Crippen molar-refractivity contribution in [3.8, 4) is 17.0 Å². The predicted molar refractivity (Wildman–Crippen MR) is 108 cm³/mol. The third-order valence-corrected chi connectivity index (χ3v) is 5.39. The average Bonchev–Trinajstić information content (AvgIpc) is 3.24. The first-order chi connectivity index (χ1) is 15.8. The zero-order chi connectivity index (χ0) is 23.6. The third-order valence-electron chi connectivity index (χ3n) is 5.39. The monoisotopic (exact) mass is 472 g/mol. The van der Waals surface area contributed by atoms with Gasteiger partial charge in [0.1, 0.15) is 17.8 Å². The van der Waals surface area contributed by atoms with Gasteiger partial charge in [0.25, 0.3) is 0 Å². The molecule has 1 aliphatic rings. The molecular formula is C20H21F5N6O2. The van der Waals surface area contributed by atoms with Crippen molar-refractivity contribution in [3.63, 3.8) is 0 Å². The minimum absolute atomic E-state index is 0.0276. The number of benzene rings is 1. The first-order valence-corrected chi connectivity index (χ1v) is 10.2. The van der Waals surface area contributed by atoms with E-state index < -0.39 is 24.1 Å². The number of nitrogens with one attached hydrogen (secondary N) is 1. The highest BCUT2D eigenvalue weighted by atomic mass is 19.4. The topological polar surface area (TPSA) is 87.8 Å². The molecule has 0 amide bonds. The molecule has 8 nitrogen and oxygen atoms in total. The summed E-state index contributed by atoms with van der Waals surface area (Å²) in [5.74, 6) is -0.310. The van der Waals surface area contributed by atoms with E-state index in [1.807, 2.05) is 0 Å². The van der Waals surface area contributed by atoms with Crippen LogP contribution in [-0.4, -0.2) is 68.5 Å². The maximum absolute atomic E-state index is 13.1. The number of nitrogens with zero attached hydrogens (tertiary/aromatic N) is 5. The van der Waals surface area contributed by atoms with Gasteiger partial charge in [0.2, 0.25) is 5.95 Å². The third kappa shape index (κ3) is 5.14. The molecule has 0 aliphatic carbocycles. The van der Waals surface area contributed by atoms with Gasteiger partial charge >= 0.3 is 12.8 Å². The van der Waals surface area contributed by atoms with Crippen LogP contribution in [-0.2, 0) is 6.18 Å². The second-order valence-electron chi connectivity index (χ2n) is 7.62. The molecule has 1 aromatic carbocycles. The Morgan fingerprint density at radius 3 is 2.79 bits per heavy atom. The van der Waals surface area contributed by atoms with E-state index in [4.69, 9.17) is 5.11 Å². The Bertz CT molecular complexity index is 1100. The van der Waals surface area contributed by atoms with Gasteiger partial charge in [-0.3, -0.25) is 9.30 Å². The van der Waals surface area contributed by atoms with Gasteiger partial charge in [-0.05, 0) is 37.6 Å². The maximum Gasteiger partial charge on any atom is 0.416 e. The van der Waals surface area contributed by atoms with Crippen LogP contribution in [0.3, 0.4) is 0 Å². The molecule has 1 atom stereocenters. The molecule has 2 aromatic heterocycles. The number of halogens is 5. The summed E-state index contributed by atoms with van der Waals surface area (Å²) in [7, 11) is 0. The molecule has 33 heavy (non-hydrogen) atoms. The Labute approximate surface area is 185 Å². The number of aliphatic hydroxyl groups excluding tert-OH is 1. The number of rotatable bonds is 7. The number of aliphatic hydroxyl groups is 1. The molecule has 1 saturated heterocycles. The lowest BCUT2D eigenvalue weighted by Gasteiger charge is -2.32. The highest BCUT2D eigenvalue weighted by molar-refractivity contribution is 5.81. The molecule has 0 radical (unpaired) electrons. The standard InChI is InChI=1S/C20H21F5N6O2/c21-18(22)33-16-8-12(20(23,24)25)3-4-14(16)17-15-9-26-11-31(15)19(29-28-17)27-13-2-1-5-30(10-13)6-7-32/h3-4,8-9,11,13,18,32H,1-2,5-7,10H2,(H,27,29). The minimum Gasteiger partial charge on any atom is -0.434 e. The number of ether oxygens (including phenoxy) is 1. The second-order valence-corrected chi connectivity index (χ2v) is 7.62. The van der Waals surface area contributed by atoms with E-state index in [0.717, 1.165) is 31.5 Å². The second kappa shape index (κ2) is 9.43. The van der Waals surface area contributed by atoms with E-state index in [2.05, 4.69) is 30.1 Å². The van der Waals surface area contributed by atoms with Crippen LogP contribution in [0.25, 0.3) is 16.8 Å². The van der Waals surface area contributed by atoms with Crippen molar-refractivity contribution in [2.45, 2.75) is 31.7 Å². The zero-order valence-electron chi connectivity index (χ0n) is 17.3. The molecular weight excluding hydrogens is 451 g/mol. The van der Waals surface area contributed by atoms with E-state index in [1.165, 1.54) is 12.5 Å². The van der Waals surface area contributed by atoms with Crippen LogP contribution < -0.4 is 10.1 Å². The Morgan fingerprint density at radius 2 is 2.06 bits per heavy atom. The van der Waals surface area contributed by atoms with Crippen LogP contribution in [0.4, 0.5) is 27.9 Å². The zero-order valence-corrected chi connectivity index (χ0v) is 17.3. The van der Waals surface area contributed by atoms with E-state index in [0.29, 0.717) is 30.6 Å². The fourth-order valence-electron chi connectivity index (χ4n) is 3.91. The smallest absolute Gasteiger partial charge is 0.416 e. The van der Waals surface area contributed by atoms with Gasteiger partial charge in [0, 0.05) is 24.7 Å². The lowest BCUT2D eigenvalue weighted by Crippen LogP contribution is -2.43. The predicted octanol–water partition coefficient (Wildman–Crippen LogP) is 3.28. The molecule has 0 saturated carbocycles. The van der Waals surface area contributed by atoms with Crippen molar-refractivity contribution in [2.75, 3.05) is 31.6 Å². The number of hydrogen-bond donors (Lipinski definition) is 2. The van der Waals surface area contributed by atoms with E-state index in [9.17, 15) is 22.0 Å². The number of β-amino-alcohol motifs (C(OH)–C–C–N with tert-alkyl or cyclic N) is 1. The molecule has 3 aromatic rings. The Balaban J connectivity index is 1.69. The van der Waals surface area contributed by atoms with Crippen LogP contribution >= 0.6 is 0 Å². The summed E-state index contributed by atoms with van der Waals surface area (Å²) < 4.78 is 71.0. The van der Waals surface area contributed by atoms with Crippen LogP contribution in [0.1, 0.15) is 18.4 Å². The summed E-state index contributed by atoms with van der Waals surface area (Å²) in [6.45, 7) is -1.14. The number of likely N-dealkylation sites (tertiary alicyclic amines) is 1. The van der Waals surface area contributed by atoms with Gasteiger partial charge in [0.15, 0.2) is 0 Å². The molecule has 1 aliphatic heterocycles. The minimum atomic E-state index is -4.73. The summed E-state index contributed by atoms with van der Waals surface area (Å²) in [6.07, 6.45) is -0.0726. The number of aromatic nitrogens is 4. The van der Waals surface area contributed by atoms with E-state index >= 15 is 0 Å². The van der Waals surface area contributed by atoms with Crippen LogP contribution in [0.5, 0.6) is 5.75 Å². The summed E-state index contributed by atoms with van der Waals surface area (Å²) in [6, 6.07) is 2.34. The number of imidazole rings is 1. The Kier molecular flexibility index (Phi) is 6.61. The summed E-state index contributed by atoms with van der Waals surface area (Å²) in [5.41, 5.74) is -0.788. The maximum atomic E-state index is 13.1. The lowest BCUT2D eigenvalue weighted by atomic mass is 10.1.